The van der Waals surface area contributed by atoms with E-state index in [1.165, 1.54) is 22.5 Å². The molecular formula is C20H19N5S. The molecule has 0 aliphatic heterocycles. The lowest BCUT2D eigenvalue weighted by Gasteiger charge is -2.09. The van der Waals surface area contributed by atoms with E-state index in [9.17, 15) is 0 Å². The minimum absolute atomic E-state index is 0.423. The first kappa shape index (κ1) is 16.5. The van der Waals surface area contributed by atoms with Gasteiger partial charge in [-0.15, -0.1) is 0 Å². The maximum atomic E-state index is 6.14. The minimum Gasteiger partial charge on any atom is -0.382 e. The highest BCUT2D eigenvalue weighted by molar-refractivity contribution is 7.21. The Kier molecular flexibility index (Phi) is 4.26. The monoisotopic (exact) mass is 361 g/mol. The highest BCUT2D eigenvalue weighted by Gasteiger charge is 2.13. The Balaban J connectivity index is 1.68. The molecule has 2 aromatic heterocycles. The number of fused-ring (bicyclic) bond motifs is 1. The Bertz CT molecular complexity index is 1050. The molecule has 0 atom stereocenters. The van der Waals surface area contributed by atoms with E-state index < -0.39 is 0 Å². The number of nitrogen functional groups attached to an aromatic ring is 1. The average Bonchev–Trinajstić information content (AvgIpc) is 3.02. The number of benzene rings is 2. The summed E-state index contributed by atoms with van der Waals surface area (Å²) in [6.45, 7) is 4.16. The van der Waals surface area contributed by atoms with Crippen molar-refractivity contribution >= 4 is 38.3 Å². The molecular weight excluding hydrogens is 342 g/mol. The largest absolute Gasteiger partial charge is 0.382 e. The van der Waals surface area contributed by atoms with Crippen molar-refractivity contribution in [3.05, 3.63) is 71.0 Å². The number of rotatable bonds is 4. The van der Waals surface area contributed by atoms with Crippen molar-refractivity contribution in [1.82, 2.24) is 15.0 Å². The zero-order valence-electron chi connectivity index (χ0n) is 14.7. The van der Waals surface area contributed by atoms with Crippen molar-refractivity contribution in [3.8, 4) is 0 Å². The smallest absolute Gasteiger partial charge is 0.189 e. The van der Waals surface area contributed by atoms with Crippen molar-refractivity contribution in [1.29, 1.82) is 0 Å². The van der Waals surface area contributed by atoms with Gasteiger partial charge in [-0.2, -0.15) is 0 Å². The van der Waals surface area contributed by atoms with Crippen molar-refractivity contribution in [2.75, 3.05) is 11.1 Å². The second-order valence-corrected chi connectivity index (χ2v) is 7.23. The summed E-state index contributed by atoms with van der Waals surface area (Å²) in [6.07, 6.45) is 0.651. The molecule has 6 heteroatoms. The van der Waals surface area contributed by atoms with Gasteiger partial charge in [0.05, 0.1) is 0 Å². The minimum atomic E-state index is 0.423. The molecule has 0 bridgehead atoms. The number of anilines is 3. The van der Waals surface area contributed by atoms with Crippen LogP contribution in [0.25, 0.3) is 10.3 Å². The van der Waals surface area contributed by atoms with Crippen LogP contribution in [-0.2, 0) is 6.42 Å². The van der Waals surface area contributed by atoms with Crippen LogP contribution < -0.4 is 11.1 Å². The summed E-state index contributed by atoms with van der Waals surface area (Å²) in [7, 11) is 0. The molecule has 5 nitrogen and oxygen atoms in total. The molecule has 2 heterocycles. The second-order valence-electron chi connectivity index (χ2n) is 6.25. The first-order valence-corrected chi connectivity index (χ1v) is 9.22. The van der Waals surface area contributed by atoms with E-state index in [0.717, 1.165) is 21.2 Å². The molecule has 0 unspecified atom stereocenters. The molecule has 4 aromatic rings. The Morgan fingerprint density at radius 2 is 1.65 bits per heavy atom. The average molecular weight is 361 g/mol. The van der Waals surface area contributed by atoms with Crippen LogP contribution in [0.3, 0.4) is 0 Å². The predicted molar refractivity (Wildman–Crippen MR) is 108 cm³/mol. The Hall–Kier alpha value is -2.99. The van der Waals surface area contributed by atoms with Gasteiger partial charge >= 0.3 is 0 Å². The molecule has 4 rings (SSSR count). The third-order valence-corrected chi connectivity index (χ3v) is 5.11. The number of para-hydroxylation sites is 1. The van der Waals surface area contributed by atoms with E-state index >= 15 is 0 Å². The van der Waals surface area contributed by atoms with Crippen molar-refractivity contribution in [3.63, 3.8) is 0 Å². The molecule has 0 fully saturated rings. The first-order chi connectivity index (χ1) is 12.6. The van der Waals surface area contributed by atoms with Crippen LogP contribution >= 0.6 is 11.3 Å². The molecule has 0 amide bonds. The number of aryl methyl sites for hydroxylation is 2. The molecule has 0 aliphatic carbocycles. The fourth-order valence-corrected chi connectivity index (χ4v) is 3.79. The first-order valence-electron chi connectivity index (χ1n) is 8.40. The van der Waals surface area contributed by atoms with Crippen LogP contribution in [0.5, 0.6) is 0 Å². The van der Waals surface area contributed by atoms with Crippen LogP contribution in [0.15, 0.2) is 48.5 Å². The van der Waals surface area contributed by atoms with E-state index in [4.69, 9.17) is 5.73 Å². The summed E-state index contributed by atoms with van der Waals surface area (Å²) in [4.78, 5) is 14.5. The molecule has 2 aromatic carbocycles. The van der Waals surface area contributed by atoms with E-state index in [1.807, 2.05) is 24.3 Å². The maximum Gasteiger partial charge on any atom is 0.189 e. The zero-order chi connectivity index (χ0) is 18.1. The summed E-state index contributed by atoms with van der Waals surface area (Å²) >= 11 is 1.50. The second kappa shape index (κ2) is 6.72. The third kappa shape index (κ3) is 3.23. The lowest BCUT2D eigenvalue weighted by Crippen LogP contribution is -2.01. The topological polar surface area (TPSA) is 76.7 Å². The lowest BCUT2D eigenvalue weighted by molar-refractivity contribution is 1.000. The summed E-state index contributed by atoms with van der Waals surface area (Å²) < 4.78 is 0. The molecule has 0 aliphatic rings. The highest BCUT2D eigenvalue weighted by atomic mass is 32.1. The van der Waals surface area contributed by atoms with Gasteiger partial charge in [0, 0.05) is 12.1 Å². The van der Waals surface area contributed by atoms with E-state index in [2.05, 4.69) is 58.4 Å². The Morgan fingerprint density at radius 3 is 2.38 bits per heavy atom. The number of nitrogens with two attached hydrogens (primary N) is 1. The van der Waals surface area contributed by atoms with Crippen molar-refractivity contribution < 1.29 is 0 Å². The van der Waals surface area contributed by atoms with Crippen LogP contribution in [-0.4, -0.2) is 15.0 Å². The Labute approximate surface area is 156 Å². The maximum absolute atomic E-state index is 6.14. The van der Waals surface area contributed by atoms with E-state index in [1.54, 1.807) is 0 Å². The Morgan fingerprint density at radius 1 is 0.923 bits per heavy atom. The fraction of sp³-hybridized carbons (Fsp3) is 0.150. The number of aromatic nitrogens is 3. The summed E-state index contributed by atoms with van der Waals surface area (Å²) in [5, 5.41) is 4.18. The summed E-state index contributed by atoms with van der Waals surface area (Å²) in [5.41, 5.74) is 11.4. The molecule has 26 heavy (non-hydrogen) atoms. The molecule has 130 valence electrons. The normalized spacial score (nSPS) is 11.0. The standard InChI is InChI=1S/C20H19N5S/c1-12-7-6-8-13(2)16(12)24-20-25-17-18(21)22-15(23-19(17)26-20)11-14-9-4-3-5-10-14/h3-10H,11H2,1-2H3,(H,24,25)(H2,21,22,23). The van der Waals surface area contributed by atoms with Gasteiger partial charge in [-0.05, 0) is 30.5 Å². The molecule has 3 N–H and O–H groups in total. The van der Waals surface area contributed by atoms with Crippen LogP contribution in [0.4, 0.5) is 16.6 Å². The molecule has 0 radical (unpaired) electrons. The van der Waals surface area contributed by atoms with Crippen LogP contribution in [0.1, 0.15) is 22.5 Å². The van der Waals surface area contributed by atoms with E-state index in [0.29, 0.717) is 23.6 Å². The van der Waals surface area contributed by atoms with Crippen molar-refractivity contribution in [2.45, 2.75) is 20.3 Å². The van der Waals surface area contributed by atoms with Gasteiger partial charge in [-0.25, -0.2) is 15.0 Å². The van der Waals surface area contributed by atoms with Crippen LogP contribution in [0, 0.1) is 13.8 Å². The van der Waals surface area contributed by atoms with E-state index in [-0.39, 0.29) is 0 Å². The number of nitrogens with one attached hydrogen (secondary N) is 1. The van der Waals surface area contributed by atoms with Crippen molar-refractivity contribution in [2.24, 2.45) is 0 Å². The highest BCUT2D eigenvalue weighted by Crippen LogP contribution is 2.31. The number of thiazole rings is 1. The fourth-order valence-electron chi connectivity index (χ4n) is 2.92. The third-order valence-electron chi connectivity index (χ3n) is 4.25. The van der Waals surface area contributed by atoms with Gasteiger partial charge in [-0.1, -0.05) is 59.9 Å². The van der Waals surface area contributed by atoms with Crippen LogP contribution in [0.2, 0.25) is 0 Å². The molecule has 0 saturated heterocycles. The lowest BCUT2D eigenvalue weighted by atomic mass is 10.1. The SMILES string of the molecule is Cc1cccc(C)c1Nc1nc2c(N)nc(Cc3ccccc3)nc2s1. The van der Waals surface area contributed by atoms with Gasteiger partial charge in [0.1, 0.15) is 11.3 Å². The zero-order valence-corrected chi connectivity index (χ0v) is 15.5. The molecule has 0 spiro atoms. The van der Waals surface area contributed by atoms with Gasteiger partial charge in [0.25, 0.3) is 0 Å². The quantitative estimate of drug-likeness (QED) is 0.555. The summed E-state index contributed by atoms with van der Waals surface area (Å²) in [6, 6.07) is 16.3. The van der Waals surface area contributed by atoms with Gasteiger partial charge in [-0.3, -0.25) is 0 Å². The number of nitrogens with zero attached hydrogens (tertiary/aromatic N) is 3. The summed E-state index contributed by atoms with van der Waals surface area (Å²) in [5.74, 6) is 1.13. The number of hydrogen-bond acceptors (Lipinski definition) is 6. The predicted octanol–water partition coefficient (Wildman–Crippen LogP) is 4.62. The van der Waals surface area contributed by atoms with Gasteiger partial charge in [0.2, 0.25) is 0 Å². The number of hydrogen-bond donors (Lipinski definition) is 2. The van der Waals surface area contributed by atoms with Gasteiger partial charge < -0.3 is 11.1 Å². The molecule has 0 saturated carbocycles. The van der Waals surface area contributed by atoms with Gasteiger partial charge in [0.15, 0.2) is 15.8 Å².